The van der Waals surface area contributed by atoms with Crippen LogP contribution >= 0.6 is 15.9 Å². The molecule has 0 radical (unpaired) electrons. The molecule has 3 aromatic carbocycles. The number of benzene rings is 3. The first kappa shape index (κ1) is 19.8. The van der Waals surface area contributed by atoms with Gasteiger partial charge in [-0.25, -0.2) is 9.59 Å². The minimum Gasteiger partial charge on any atom is -0.422 e. The molecule has 0 saturated heterocycles. The third-order valence-electron chi connectivity index (χ3n) is 4.52. The van der Waals surface area contributed by atoms with Gasteiger partial charge < -0.3 is 9.47 Å². The van der Waals surface area contributed by atoms with Crippen LogP contribution in [0.3, 0.4) is 0 Å². The van der Waals surface area contributed by atoms with Gasteiger partial charge in [-0.3, -0.25) is 0 Å². The van der Waals surface area contributed by atoms with Crippen LogP contribution in [-0.4, -0.2) is 11.9 Å². The Morgan fingerprint density at radius 3 is 1.50 bits per heavy atom. The number of esters is 2. The third kappa shape index (κ3) is 3.99. The van der Waals surface area contributed by atoms with E-state index in [1.807, 2.05) is 32.9 Å². The Balaban J connectivity index is 1.93. The van der Waals surface area contributed by atoms with Crippen molar-refractivity contribution in [3.63, 3.8) is 0 Å². The zero-order valence-electron chi connectivity index (χ0n) is 15.8. The summed E-state index contributed by atoms with van der Waals surface area (Å²) in [5.41, 5.74) is 3.07. The van der Waals surface area contributed by atoms with E-state index in [1.165, 1.54) is 0 Å². The maximum atomic E-state index is 12.5. The lowest BCUT2D eigenvalue weighted by molar-refractivity contribution is 0.0715. The van der Waals surface area contributed by atoms with E-state index < -0.39 is 11.9 Å². The SMILES string of the molecule is Cc1c(C)c(OC(=O)c2ccccc2)c(Br)c(C)c1OC(=O)c1ccccc1. The Morgan fingerprint density at radius 2 is 1.04 bits per heavy atom. The van der Waals surface area contributed by atoms with Crippen LogP contribution in [0.4, 0.5) is 0 Å². The molecule has 0 saturated carbocycles. The smallest absolute Gasteiger partial charge is 0.343 e. The topological polar surface area (TPSA) is 52.6 Å². The van der Waals surface area contributed by atoms with Crippen molar-refractivity contribution >= 4 is 27.9 Å². The Hall–Kier alpha value is -2.92. The van der Waals surface area contributed by atoms with Gasteiger partial charge in [0.2, 0.25) is 0 Å². The minimum atomic E-state index is -0.447. The molecule has 28 heavy (non-hydrogen) atoms. The summed E-state index contributed by atoms with van der Waals surface area (Å²) in [6.07, 6.45) is 0. The molecule has 142 valence electrons. The molecule has 0 bridgehead atoms. The summed E-state index contributed by atoms with van der Waals surface area (Å²) in [6.45, 7) is 5.47. The highest BCUT2D eigenvalue weighted by molar-refractivity contribution is 9.10. The molecule has 0 fully saturated rings. The van der Waals surface area contributed by atoms with Crippen LogP contribution in [0.25, 0.3) is 0 Å². The maximum absolute atomic E-state index is 12.5. The first-order chi connectivity index (χ1) is 13.4. The van der Waals surface area contributed by atoms with Crippen LogP contribution in [0.15, 0.2) is 65.1 Å². The number of hydrogen-bond acceptors (Lipinski definition) is 4. The van der Waals surface area contributed by atoms with Crippen molar-refractivity contribution in [1.82, 2.24) is 0 Å². The maximum Gasteiger partial charge on any atom is 0.343 e. The molecule has 0 heterocycles. The summed E-state index contributed by atoms with van der Waals surface area (Å²) in [4.78, 5) is 24.9. The highest BCUT2D eigenvalue weighted by Gasteiger charge is 2.22. The van der Waals surface area contributed by atoms with Crippen molar-refractivity contribution in [1.29, 1.82) is 0 Å². The van der Waals surface area contributed by atoms with Crippen molar-refractivity contribution in [2.75, 3.05) is 0 Å². The van der Waals surface area contributed by atoms with E-state index in [2.05, 4.69) is 15.9 Å². The monoisotopic (exact) mass is 438 g/mol. The van der Waals surface area contributed by atoms with Crippen molar-refractivity contribution in [3.05, 3.63) is 93.0 Å². The quantitative estimate of drug-likeness (QED) is 0.380. The number of ether oxygens (including phenoxy) is 2. The molecular weight excluding hydrogens is 420 g/mol. The molecule has 0 unspecified atom stereocenters. The van der Waals surface area contributed by atoms with Crippen molar-refractivity contribution in [2.45, 2.75) is 20.8 Å². The molecule has 3 aromatic rings. The molecule has 0 N–H and O–H groups in total. The van der Waals surface area contributed by atoms with Crippen LogP contribution in [0.1, 0.15) is 37.4 Å². The number of halogens is 1. The molecule has 0 aliphatic rings. The lowest BCUT2D eigenvalue weighted by atomic mass is 10.0. The highest BCUT2D eigenvalue weighted by Crippen LogP contribution is 2.41. The van der Waals surface area contributed by atoms with Gasteiger partial charge in [-0.1, -0.05) is 36.4 Å². The van der Waals surface area contributed by atoms with Crippen LogP contribution in [0.2, 0.25) is 0 Å². The van der Waals surface area contributed by atoms with E-state index in [0.717, 1.165) is 11.1 Å². The molecule has 0 atom stereocenters. The molecule has 3 rings (SSSR count). The first-order valence-electron chi connectivity index (χ1n) is 8.74. The second-order valence-corrected chi connectivity index (χ2v) is 7.15. The summed E-state index contributed by atoms with van der Waals surface area (Å²) >= 11 is 3.49. The molecule has 0 spiro atoms. The number of carbonyl (C=O) groups excluding carboxylic acids is 2. The zero-order valence-corrected chi connectivity index (χ0v) is 17.4. The summed E-state index contributed by atoms with van der Waals surface area (Å²) < 4.78 is 11.9. The molecule has 0 aliphatic heterocycles. The largest absolute Gasteiger partial charge is 0.422 e. The van der Waals surface area contributed by atoms with Gasteiger partial charge in [-0.05, 0) is 72.1 Å². The predicted octanol–water partition coefficient (Wildman–Crippen LogP) is 5.81. The number of hydrogen-bond donors (Lipinski definition) is 0. The molecule has 0 aromatic heterocycles. The third-order valence-corrected chi connectivity index (χ3v) is 5.48. The second kappa shape index (κ2) is 8.40. The minimum absolute atomic E-state index is 0.420. The van der Waals surface area contributed by atoms with Crippen molar-refractivity contribution < 1.29 is 19.1 Å². The zero-order chi connectivity index (χ0) is 20.3. The summed E-state index contributed by atoms with van der Waals surface area (Å²) in [7, 11) is 0. The predicted molar refractivity (Wildman–Crippen MR) is 111 cm³/mol. The van der Waals surface area contributed by atoms with Crippen molar-refractivity contribution in [3.8, 4) is 11.5 Å². The molecule has 4 nitrogen and oxygen atoms in total. The number of rotatable bonds is 4. The van der Waals surface area contributed by atoms with E-state index in [9.17, 15) is 9.59 Å². The average Bonchev–Trinajstić information content (AvgIpc) is 2.73. The van der Waals surface area contributed by atoms with E-state index in [-0.39, 0.29) is 0 Å². The summed E-state index contributed by atoms with van der Waals surface area (Å²) in [6, 6.07) is 17.6. The lowest BCUT2D eigenvalue weighted by Gasteiger charge is -2.18. The van der Waals surface area contributed by atoms with Gasteiger partial charge in [-0.15, -0.1) is 0 Å². The fraction of sp³-hybridized carbons (Fsp3) is 0.130. The van der Waals surface area contributed by atoms with Gasteiger partial charge in [0, 0.05) is 5.56 Å². The Kier molecular flexibility index (Phi) is 5.95. The molecule has 5 heteroatoms. The van der Waals surface area contributed by atoms with Gasteiger partial charge in [0.25, 0.3) is 0 Å². The first-order valence-corrected chi connectivity index (χ1v) is 9.53. The fourth-order valence-corrected chi connectivity index (χ4v) is 3.34. The molecule has 0 aliphatic carbocycles. The Morgan fingerprint density at radius 1 is 0.643 bits per heavy atom. The fourth-order valence-electron chi connectivity index (χ4n) is 2.78. The van der Waals surface area contributed by atoms with E-state index >= 15 is 0 Å². The van der Waals surface area contributed by atoms with E-state index in [0.29, 0.717) is 32.7 Å². The van der Waals surface area contributed by atoms with Gasteiger partial charge in [-0.2, -0.15) is 0 Å². The van der Waals surface area contributed by atoms with Crippen LogP contribution in [0, 0.1) is 20.8 Å². The lowest BCUT2D eigenvalue weighted by Crippen LogP contribution is -2.13. The average molecular weight is 439 g/mol. The van der Waals surface area contributed by atoms with Gasteiger partial charge in [0.1, 0.15) is 11.5 Å². The highest BCUT2D eigenvalue weighted by atomic mass is 79.9. The van der Waals surface area contributed by atoms with E-state index in [1.54, 1.807) is 48.5 Å². The van der Waals surface area contributed by atoms with Crippen LogP contribution in [0.5, 0.6) is 11.5 Å². The van der Waals surface area contributed by atoms with Crippen LogP contribution in [-0.2, 0) is 0 Å². The molecule has 0 amide bonds. The second-order valence-electron chi connectivity index (χ2n) is 6.36. The van der Waals surface area contributed by atoms with Crippen LogP contribution < -0.4 is 9.47 Å². The van der Waals surface area contributed by atoms with Crippen molar-refractivity contribution in [2.24, 2.45) is 0 Å². The van der Waals surface area contributed by atoms with Gasteiger partial charge in [0.05, 0.1) is 15.6 Å². The molecular formula is C23H19BrO4. The summed E-state index contributed by atoms with van der Waals surface area (Å²) in [5, 5.41) is 0. The number of carbonyl (C=O) groups is 2. The normalized spacial score (nSPS) is 10.4. The standard InChI is InChI=1S/C23H19BrO4/c1-14-15(2)21(28-23(26)18-12-8-5-9-13-18)19(24)16(3)20(14)27-22(25)17-10-6-4-7-11-17/h4-13H,1-3H3. The van der Waals surface area contributed by atoms with Gasteiger partial charge >= 0.3 is 11.9 Å². The summed E-state index contributed by atoms with van der Waals surface area (Å²) in [5.74, 6) is -0.00883. The Labute approximate surface area is 172 Å². The Bertz CT molecular complexity index is 914. The van der Waals surface area contributed by atoms with E-state index in [4.69, 9.17) is 9.47 Å². The van der Waals surface area contributed by atoms with Gasteiger partial charge in [0.15, 0.2) is 0 Å².